The fraction of sp³-hybridized carbons (Fsp3) is 0.222. The average Bonchev–Trinajstić information content (AvgIpc) is 3.51. The molecule has 430 valence electrons. The Morgan fingerprint density at radius 1 is 0.183 bits per heavy atom. The largest absolute Gasteiger partial charge is 0.449 e. The van der Waals surface area contributed by atoms with Crippen LogP contribution in [0.15, 0.2) is 60.7 Å². The van der Waals surface area contributed by atoms with Gasteiger partial charge in [-0.3, -0.25) is 57.5 Å². The molecule has 0 aliphatic carbocycles. The van der Waals surface area contributed by atoms with Crippen molar-refractivity contribution in [1.29, 1.82) is 0 Å². The molecular weight excluding hydrogens is 1100 g/mol. The number of carbonyl (C=O) groups excluding carboxylic acids is 12. The highest BCUT2D eigenvalue weighted by molar-refractivity contribution is 5.82. The summed E-state index contributed by atoms with van der Waals surface area (Å²) in [5.74, 6) is -22.4. The zero-order valence-electron chi connectivity index (χ0n) is 45.2. The van der Waals surface area contributed by atoms with E-state index in [1.807, 2.05) is 0 Å². The fourth-order valence-electron chi connectivity index (χ4n) is 6.65. The molecule has 0 amide bonds. The summed E-state index contributed by atoms with van der Waals surface area (Å²) in [7, 11) is 0. The Balaban J connectivity index is 1.81. The maximum Gasteiger partial charge on any atom is 0.308 e. The van der Waals surface area contributed by atoms with E-state index < -0.39 is 181 Å². The van der Waals surface area contributed by atoms with Crippen molar-refractivity contribution < 1.29 is 133 Å². The molecule has 0 unspecified atom stereocenters. The number of esters is 12. The summed E-state index contributed by atoms with van der Waals surface area (Å²) in [5.41, 5.74) is 0. The fourth-order valence-corrected chi connectivity index (χ4v) is 6.65. The average molecular weight is 1140 g/mol. The summed E-state index contributed by atoms with van der Waals surface area (Å²) in [6.45, 7) is 11.9. The molecule has 0 saturated heterocycles. The van der Waals surface area contributed by atoms with Crippen molar-refractivity contribution in [2.24, 2.45) is 0 Å². The van der Waals surface area contributed by atoms with Gasteiger partial charge in [0.25, 0.3) is 0 Å². The van der Waals surface area contributed by atoms with Crippen LogP contribution in [-0.2, 0) is 57.5 Å². The predicted octanol–water partition coefficient (Wildman–Crippen LogP) is 7.96. The third kappa shape index (κ3) is 18.0. The Kier molecular flexibility index (Phi) is 20.4. The summed E-state index contributed by atoms with van der Waals surface area (Å²) in [6, 6.07) is 9.85. The first kappa shape index (κ1) is 61.8. The molecule has 0 aliphatic rings. The van der Waals surface area contributed by atoms with Crippen LogP contribution >= 0.6 is 0 Å². The second-order valence-corrected chi connectivity index (χ2v) is 16.3. The lowest BCUT2D eigenvalue weighted by Crippen LogP contribution is -2.11. The SMILES string of the molecule is CC(=O)Oc1cc(OC(C)=O)c(Oc2cc(OC(C)=O)c(Oc3cc(OC(C)=O)cc(OC(C)=O)c3Oc3cc(OC(C)=O)c(Oc4cc(OC(C)=O)c(OC(C)=O)c(OC(C)=O)c4)c(OC(C)=O)c3)c(OC(C)=O)c2)c(OC(C)=O)c1. The third-order valence-electron chi connectivity index (χ3n) is 8.90. The van der Waals surface area contributed by atoms with E-state index >= 15 is 0 Å². The molecule has 82 heavy (non-hydrogen) atoms. The van der Waals surface area contributed by atoms with Crippen molar-refractivity contribution in [2.75, 3.05) is 0 Å². The van der Waals surface area contributed by atoms with Crippen LogP contribution < -0.4 is 75.8 Å². The molecule has 0 spiro atoms. The van der Waals surface area contributed by atoms with Crippen molar-refractivity contribution in [1.82, 2.24) is 0 Å². The summed E-state index contributed by atoms with van der Waals surface area (Å²) in [6.07, 6.45) is 0. The molecule has 5 aromatic rings. The number of rotatable bonds is 20. The second kappa shape index (κ2) is 27.0. The van der Waals surface area contributed by atoms with Gasteiger partial charge in [0.05, 0.1) is 0 Å². The lowest BCUT2D eigenvalue weighted by Gasteiger charge is -2.21. The van der Waals surface area contributed by atoms with Crippen LogP contribution in [0.5, 0.6) is 115 Å². The minimum absolute atomic E-state index is 0.273. The predicted molar refractivity (Wildman–Crippen MR) is 268 cm³/mol. The minimum Gasteiger partial charge on any atom is -0.449 e. The molecule has 0 bridgehead atoms. The highest BCUT2D eigenvalue weighted by atomic mass is 16.6. The van der Waals surface area contributed by atoms with E-state index in [9.17, 15) is 57.5 Å². The van der Waals surface area contributed by atoms with Gasteiger partial charge in [0.1, 0.15) is 28.7 Å². The maximum absolute atomic E-state index is 12.8. The Hall–Kier alpha value is -11.1. The zero-order chi connectivity index (χ0) is 60.9. The monoisotopic (exact) mass is 1140 g/mol. The Bertz CT molecular complexity index is 3330. The second-order valence-electron chi connectivity index (χ2n) is 16.3. The van der Waals surface area contributed by atoms with Crippen molar-refractivity contribution in [3.8, 4) is 115 Å². The molecule has 0 saturated carbocycles. The van der Waals surface area contributed by atoms with E-state index in [4.69, 9.17) is 75.8 Å². The first-order valence-electron chi connectivity index (χ1n) is 23.3. The van der Waals surface area contributed by atoms with E-state index in [2.05, 4.69) is 0 Å². The van der Waals surface area contributed by atoms with Crippen LogP contribution in [0.25, 0.3) is 0 Å². The Morgan fingerprint density at radius 3 is 0.549 bits per heavy atom. The van der Waals surface area contributed by atoms with Crippen molar-refractivity contribution in [3.63, 3.8) is 0 Å². The van der Waals surface area contributed by atoms with Gasteiger partial charge in [-0.15, -0.1) is 0 Å². The van der Waals surface area contributed by atoms with E-state index in [-0.39, 0.29) is 5.75 Å². The van der Waals surface area contributed by atoms with E-state index in [0.29, 0.717) is 0 Å². The summed E-state index contributed by atoms with van der Waals surface area (Å²) in [4.78, 5) is 149. The first-order chi connectivity index (χ1) is 38.4. The van der Waals surface area contributed by atoms with E-state index in [1.54, 1.807) is 0 Å². The molecular formula is C54H46O28. The lowest BCUT2D eigenvalue weighted by atomic mass is 10.2. The Morgan fingerprint density at radius 2 is 0.341 bits per heavy atom. The molecule has 5 aromatic carbocycles. The summed E-state index contributed by atoms with van der Waals surface area (Å²) in [5, 5.41) is 0. The molecule has 0 heterocycles. The van der Waals surface area contributed by atoms with Crippen molar-refractivity contribution in [2.45, 2.75) is 83.1 Å². The van der Waals surface area contributed by atoms with Crippen LogP contribution in [0.4, 0.5) is 0 Å². The summed E-state index contributed by atoms with van der Waals surface area (Å²) < 4.78 is 88.8. The van der Waals surface area contributed by atoms with Crippen LogP contribution in [0.3, 0.4) is 0 Å². The van der Waals surface area contributed by atoms with E-state index in [1.165, 1.54) is 0 Å². The molecule has 0 fully saturated rings. The molecule has 5 rings (SSSR count). The van der Waals surface area contributed by atoms with Gasteiger partial charge < -0.3 is 75.8 Å². The van der Waals surface area contributed by atoms with Gasteiger partial charge in [0.15, 0.2) is 57.5 Å². The quantitative estimate of drug-likeness (QED) is 0.0526. The van der Waals surface area contributed by atoms with Gasteiger partial charge in [0.2, 0.25) is 28.7 Å². The molecule has 0 aliphatic heterocycles. The maximum atomic E-state index is 12.8. The van der Waals surface area contributed by atoms with Gasteiger partial charge in [-0.2, -0.15) is 0 Å². The number of benzene rings is 5. The molecule has 28 heteroatoms. The van der Waals surface area contributed by atoms with Gasteiger partial charge >= 0.3 is 71.6 Å². The van der Waals surface area contributed by atoms with Gasteiger partial charge in [-0.25, -0.2) is 0 Å². The number of ether oxygens (including phenoxy) is 16. The molecule has 0 aromatic heterocycles. The van der Waals surface area contributed by atoms with Crippen LogP contribution in [-0.4, -0.2) is 71.6 Å². The minimum atomic E-state index is -1.04. The zero-order valence-corrected chi connectivity index (χ0v) is 45.2. The first-order valence-corrected chi connectivity index (χ1v) is 23.3. The van der Waals surface area contributed by atoms with Crippen LogP contribution in [0, 0.1) is 0 Å². The summed E-state index contributed by atoms with van der Waals surface area (Å²) >= 11 is 0. The van der Waals surface area contributed by atoms with Crippen LogP contribution in [0.1, 0.15) is 83.1 Å². The molecule has 0 N–H and O–H groups in total. The van der Waals surface area contributed by atoms with Gasteiger partial charge in [-0.1, -0.05) is 0 Å². The highest BCUT2D eigenvalue weighted by Crippen LogP contribution is 2.54. The topological polar surface area (TPSA) is 353 Å². The highest BCUT2D eigenvalue weighted by Gasteiger charge is 2.30. The van der Waals surface area contributed by atoms with Crippen LogP contribution in [0.2, 0.25) is 0 Å². The molecule has 0 radical (unpaired) electrons. The van der Waals surface area contributed by atoms with Gasteiger partial charge in [-0.05, 0) is 0 Å². The van der Waals surface area contributed by atoms with E-state index in [0.717, 1.165) is 144 Å². The van der Waals surface area contributed by atoms with Crippen molar-refractivity contribution in [3.05, 3.63) is 60.7 Å². The normalized spacial score (nSPS) is 10.3. The lowest BCUT2D eigenvalue weighted by molar-refractivity contribution is -0.135. The Labute approximate surface area is 462 Å². The number of hydrogen-bond donors (Lipinski definition) is 0. The molecule has 0 atom stereocenters. The molecule has 28 nitrogen and oxygen atoms in total. The number of carbonyl (C=O) groups is 12. The standard InChI is InChI=1S/C54H46O28/c1-23(55)67-35-13-42(71-27(5)59)51(43(14-35)72-28(6)60)80-39-21-47(76-32(10)64)54(48(22-39)77-33(11)65)82-49-16-36(68-24(2)56)15-44(73-29(7)61)53(49)81-38-19-45(74-30(8)62)52(46(20-38)75-31(9)63)79-37-17-40(69-25(3)57)50(78-34(12)66)41(18-37)70-26(4)58/h13-22H,1-12H3. The van der Waals surface area contributed by atoms with Gasteiger partial charge in [0, 0.05) is 144 Å². The smallest absolute Gasteiger partial charge is 0.308 e. The van der Waals surface area contributed by atoms with Crippen molar-refractivity contribution >= 4 is 71.6 Å². The number of hydrogen-bond acceptors (Lipinski definition) is 28. The third-order valence-corrected chi connectivity index (χ3v) is 8.90.